The van der Waals surface area contributed by atoms with Crippen molar-refractivity contribution < 1.29 is 19.1 Å². The minimum absolute atomic E-state index is 0.0210. The van der Waals surface area contributed by atoms with Gasteiger partial charge in [0, 0.05) is 49.2 Å². The van der Waals surface area contributed by atoms with Crippen LogP contribution in [-0.4, -0.2) is 50.6 Å². The maximum absolute atomic E-state index is 13.7. The van der Waals surface area contributed by atoms with Crippen LogP contribution in [0.15, 0.2) is 60.7 Å². The van der Waals surface area contributed by atoms with Gasteiger partial charge >= 0.3 is 0 Å². The van der Waals surface area contributed by atoms with Gasteiger partial charge in [-0.05, 0) is 67.1 Å². The van der Waals surface area contributed by atoms with Crippen LogP contribution in [0.2, 0.25) is 0 Å². The maximum Gasteiger partial charge on any atom is 0.256 e. The lowest BCUT2D eigenvalue weighted by Crippen LogP contribution is -2.38. The summed E-state index contributed by atoms with van der Waals surface area (Å²) in [6, 6.07) is 19.2. The molecule has 7 heteroatoms. The lowest BCUT2D eigenvalue weighted by molar-refractivity contribution is 0.0724. The number of hydrogen-bond donors (Lipinski definition) is 1. The number of ether oxygens (including phenoxy) is 2. The number of amides is 2. The Hall–Kier alpha value is -4.00. The van der Waals surface area contributed by atoms with Crippen LogP contribution in [0, 0.1) is 0 Å². The van der Waals surface area contributed by atoms with Crippen LogP contribution in [0.25, 0.3) is 0 Å². The van der Waals surface area contributed by atoms with Crippen LogP contribution in [0.3, 0.4) is 0 Å². The van der Waals surface area contributed by atoms with E-state index in [-0.39, 0.29) is 11.8 Å². The quantitative estimate of drug-likeness (QED) is 0.508. The summed E-state index contributed by atoms with van der Waals surface area (Å²) in [6.07, 6.45) is 4.13. The Bertz CT molecular complexity index is 1280. The van der Waals surface area contributed by atoms with Crippen LogP contribution >= 0.6 is 0 Å². The van der Waals surface area contributed by atoms with E-state index in [2.05, 4.69) is 34.5 Å². The van der Waals surface area contributed by atoms with Crippen molar-refractivity contribution in [3.05, 3.63) is 82.9 Å². The number of piperidine rings is 1. The monoisotopic (exact) mass is 499 g/mol. The van der Waals surface area contributed by atoms with Gasteiger partial charge in [0.15, 0.2) is 0 Å². The zero-order chi connectivity index (χ0) is 25.8. The number of fused-ring (bicyclic) bond motifs is 1. The molecule has 1 fully saturated rings. The minimum Gasteiger partial charge on any atom is -0.497 e. The first kappa shape index (κ1) is 24.7. The first-order valence-corrected chi connectivity index (χ1v) is 12.8. The Morgan fingerprint density at radius 2 is 1.51 bits per heavy atom. The van der Waals surface area contributed by atoms with Crippen LogP contribution in [0.5, 0.6) is 11.5 Å². The van der Waals surface area contributed by atoms with Gasteiger partial charge in [0.05, 0.1) is 19.8 Å². The predicted molar refractivity (Wildman–Crippen MR) is 145 cm³/mol. The van der Waals surface area contributed by atoms with E-state index in [1.807, 2.05) is 23.1 Å². The molecule has 0 radical (unpaired) electrons. The number of methoxy groups -OCH3 is 2. The van der Waals surface area contributed by atoms with E-state index >= 15 is 0 Å². The molecule has 2 aliphatic heterocycles. The summed E-state index contributed by atoms with van der Waals surface area (Å²) in [5.74, 6) is 0.790. The molecule has 2 aliphatic rings. The van der Waals surface area contributed by atoms with Crippen molar-refractivity contribution in [2.24, 2.45) is 0 Å². The summed E-state index contributed by atoms with van der Waals surface area (Å²) in [7, 11) is 3.10. The van der Waals surface area contributed by atoms with Gasteiger partial charge in [-0.3, -0.25) is 9.59 Å². The molecule has 0 aliphatic carbocycles. The fourth-order valence-electron chi connectivity index (χ4n) is 5.17. The van der Waals surface area contributed by atoms with E-state index < -0.39 is 0 Å². The maximum atomic E-state index is 13.7. The second kappa shape index (κ2) is 10.9. The molecule has 7 nitrogen and oxygen atoms in total. The van der Waals surface area contributed by atoms with E-state index in [1.54, 1.807) is 32.4 Å². The molecule has 1 saturated heterocycles. The first-order chi connectivity index (χ1) is 18.1. The molecule has 0 saturated carbocycles. The highest BCUT2D eigenvalue weighted by molar-refractivity contribution is 6.06. The lowest BCUT2D eigenvalue weighted by Gasteiger charge is -2.34. The van der Waals surface area contributed by atoms with Crippen LogP contribution in [-0.2, 0) is 13.0 Å². The predicted octanol–water partition coefficient (Wildman–Crippen LogP) is 5.14. The molecule has 2 amide bonds. The third kappa shape index (κ3) is 5.40. The molecule has 5 rings (SSSR count). The molecule has 0 spiro atoms. The normalized spacial score (nSPS) is 15.1. The topological polar surface area (TPSA) is 71.1 Å². The molecular weight excluding hydrogens is 466 g/mol. The second-order valence-corrected chi connectivity index (χ2v) is 9.58. The van der Waals surface area contributed by atoms with E-state index in [0.717, 1.165) is 57.5 Å². The Morgan fingerprint density at radius 1 is 0.811 bits per heavy atom. The average Bonchev–Trinajstić information content (AvgIpc) is 2.96. The van der Waals surface area contributed by atoms with Crippen molar-refractivity contribution in [1.29, 1.82) is 0 Å². The fraction of sp³-hybridized carbons (Fsp3) is 0.333. The lowest BCUT2D eigenvalue weighted by atomic mass is 9.98. The van der Waals surface area contributed by atoms with E-state index in [9.17, 15) is 9.59 Å². The number of rotatable bonds is 6. The first-order valence-electron chi connectivity index (χ1n) is 12.8. The summed E-state index contributed by atoms with van der Waals surface area (Å²) in [4.78, 5) is 31.1. The van der Waals surface area contributed by atoms with Gasteiger partial charge in [-0.25, -0.2) is 0 Å². The molecule has 0 unspecified atom stereocenters. The zero-order valence-corrected chi connectivity index (χ0v) is 21.5. The Balaban J connectivity index is 1.45. The van der Waals surface area contributed by atoms with E-state index in [4.69, 9.17) is 9.47 Å². The summed E-state index contributed by atoms with van der Waals surface area (Å²) >= 11 is 0. The van der Waals surface area contributed by atoms with Crippen molar-refractivity contribution in [1.82, 2.24) is 4.90 Å². The van der Waals surface area contributed by atoms with Crippen molar-refractivity contribution in [2.45, 2.75) is 32.2 Å². The van der Waals surface area contributed by atoms with Crippen LogP contribution < -0.4 is 19.7 Å². The number of carbonyl (C=O) groups is 2. The second-order valence-electron chi connectivity index (χ2n) is 9.58. The number of nitrogens with zero attached hydrogens (tertiary/aromatic N) is 2. The minimum atomic E-state index is -0.298. The van der Waals surface area contributed by atoms with E-state index in [1.165, 1.54) is 11.1 Å². The molecule has 1 N–H and O–H groups in total. The highest BCUT2D eigenvalue weighted by Crippen LogP contribution is 2.31. The highest BCUT2D eigenvalue weighted by Gasteiger charge is 2.26. The van der Waals surface area contributed by atoms with Gasteiger partial charge in [0.25, 0.3) is 11.8 Å². The standard InChI is InChI=1S/C30H33N3O4/c1-36-25-16-23(17-26(19-25)37-2)29(34)31-24-10-11-28(27(18-24)30(35)32-13-6-3-7-14-32)33-15-12-21-8-4-5-9-22(21)20-33/h4-5,8-11,16-19H,3,6-7,12-15,20H2,1-2H3,(H,31,34). The third-order valence-corrected chi connectivity index (χ3v) is 7.21. The summed E-state index contributed by atoms with van der Waals surface area (Å²) in [5, 5.41) is 2.97. The highest BCUT2D eigenvalue weighted by atomic mass is 16.5. The number of carbonyl (C=O) groups excluding carboxylic acids is 2. The average molecular weight is 500 g/mol. The molecule has 37 heavy (non-hydrogen) atoms. The van der Waals surface area contributed by atoms with Gasteiger partial charge in [0.1, 0.15) is 11.5 Å². The third-order valence-electron chi connectivity index (χ3n) is 7.21. The molecule has 0 atom stereocenters. The number of nitrogens with one attached hydrogen (secondary N) is 1. The fourth-order valence-corrected chi connectivity index (χ4v) is 5.17. The van der Waals surface area contributed by atoms with Crippen molar-refractivity contribution in [2.75, 3.05) is 44.1 Å². The molecule has 0 aromatic heterocycles. The van der Waals surface area contributed by atoms with Gasteiger partial charge in [-0.15, -0.1) is 0 Å². The molecule has 3 aromatic rings. The van der Waals surface area contributed by atoms with Gasteiger partial charge < -0.3 is 24.6 Å². The van der Waals surface area contributed by atoms with Crippen LogP contribution in [0.4, 0.5) is 11.4 Å². The van der Waals surface area contributed by atoms with E-state index in [0.29, 0.717) is 28.3 Å². The van der Waals surface area contributed by atoms with Gasteiger partial charge in [-0.1, -0.05) is 24.3 Å². The smallest absolute Gasteiger partial charge is 0.256 e. The molecule has 0 bridgehead atoms. The van der Waals surface area contributed by atoms with Gasteiger partial charge in [-0.2, -0.15) is 0 Å². The number of likely N-dealkylation sites (tertiary alicyclic amines) is 1. The number of hydrogen-bond acceptors (Lipinski definition) is 5. The van der Waals surface area contributed by atoms with Crippen molar-refractivity contribution >= 4 is 23.2 Å². The number of benzene rings is 3. The SMILES string of the molecule is COc1cc(OC)cc(C(=O)Nc2ccc(N3CCc4ccccc4C3)c(C(=O)N3CCCCC3)c2)c1. The molecule has 2 heterocycles. The Kier molecular flexibility index (Phi) is 7.30. The largest absolute Gasteiger partial charge is 0.497 e. The zero-order valence-electron chi connectivity index (χ0n) is 21.5. The summed E-state index contributed by atoms with van der Waals surface area (Å²) in [5.41, 5.74) is 5.17. The summed E-state index contributed by atoms with van der Waals surface area (Å²) in [6.45, 7) is 3.13. The Labute approximate surface area is 218 Å². The molecule has 3 aromatic carbocycles. The summed E-state index contributed by atoms with van der Waals surface area (Å²) < 4.78 is 10.6. The van der Waals surface area contributed by atoms with Gasteiger partial charge in [0.2, 0.25) is 0 Å². The Morgan fingerprint density at radius 3 is 2.22 bits per heavy atom. The van der Waals surface area contributed by atoms with Crippen molar-refractivity contribution in [3.8, 4) is 11.5 Å². The molecule has 192 valence electrons. The van der Waals surface area contributed by atoms with Crippen molar-refractivity contribution in [3.63, 3.8) is 0 Å². The molecular formula is C30H33N3O4. The van der Waals surface area contributed by atoms with Crippen LogP contribution in [0.1, 0.15) is 51.1 Å². The number of anilines is 2.